The van der Waals surface area contributed by atoms with E-state index in [9.17, 15) is 4.79 Å². The maximum absolute atomic E-state index is 11.8. The van der Waals surface area contributed by atoms with Crippen LogP contribution < -0.4 is 10.6 Å². The molecular formula is C14H20Cl2N2O. The van der Waals surface area contributed by atoms with Gasteiger partial charge < -0.3 is 10.6 Å². The van der Waals surface area contributed by atoms with Crippen LogP contribution in [-0.4, -0.2) is 25.5 Å². The Balaban J connectivity index is 0.00000180. The molecule has 0 spiro atoms. The minimum Gasteiger partial charge on any atom is -0.355 e. The summed E-state index contributed by atoms with van der Waals surface area (Å²) in [4.78, 5) is 11.8. The van der Waals surface area contributed by atoms with Crippen molar-refractivity contribution in [2.75, 3.05) is 19.6 Å². The van der Waals surface area contributed by atoms with E-state index in [-0.39, 0.29) is 18.3 Å². The number of benzene rings is 1. The molecule has 0 aromatic heterocycles. The summed E-state index contributed by atoms with van der Waals surface area (Å²) in [5, 5.41) is 6.99. The highest BCUT2D eigenvalue weighted by atomic mass is 35.5. The summed E-state index contributed by atoms with van der Waals surface area (Å²) in [5.41, 5.74) is 0.887. The highest BCUT2D eigenvalue weighted by Gasteiger charge is 2.14. The van der Waals surface area contributed by atoms with Gasteiger partial charge in [0.2, 0.25) is 5.91 Å². The van der Waals surface area contributed by atoms with Crippen LogP contribution in [0.1, 0.15) is 18.4 Å². The molecular weight excluding hydrogens is 283 g/mol. The van der Waals surface area contributed by atoms with Gasteiger partial charge in [0.25, 0.3) is 0 Å². The third-order valence-corrected chi connectivity index (χ3v) is 3.66. The molecule has 1 unspecified atom stereocenters. The van der Waals surface area contributed by atoms with Crippen molar-refractivity contribution in [3.8, 4) is 0 Å². The Hall–Kier alpha value is -0.770. The fourth-order valence-electron chi connectivity index (χ4n) is 2.23. The van der Waals surface area contributed by atoms with Gasteiger partial charge in [0.15, 0.2) is 0 Å². The molecule has 2 N–H and O–H groups in total. The van der Waals surface area contributed by atoms with Gasteiger partial charge in [0, 0.05) is 11.6 Å². The number of hydrogen-bond acceptors (Lipinski definition) is 2. The van der Waals surface area contributed by atoms with Crippen molar-refractivity contribution >= 4 is 29.9 Å². The first-order valence-corrected chi connectivity index (χ1v) is 6.84. The second-order valence-corrected chi connectivity index (χ2v) is 5.19. The van der Waals surface area contributed by atoms with Crippen LogP contribution in [0.3, 0.4) is 0 Å². The molecule has 0 bridgehead atoms. The van der Waals surface area contributed by atoms with Crippen LogP contribution in [0, 0.1) is 5.92 Å². The number of hydrogen-bond donors (Lipinski definition) is 2. The molecule has 0 saturated carbocycles. The maximum Gasteiger partial charge on any atom is 0.224 e. The highest BCUT2D eigenvalue weighted by molar-refractivity contribution is 6.31. The Morgan fingerprint density at radius 1 is 1.42 bits per heavy atom. The molecule has 1 amide bonds. The van der Waals surface area contributed by atoms with Crippen LogP contribution in [-0.2, 0) is 11.2 Å². The Labute approximate surface area is 125 Å². The largest absolute Gasteiger partial charge is 0.355 e. The number of carbonyl (C=O) groups excluding carboxylic acids is 1. The molecule has 5 heteroatoms. The summed E-state index contributed by atoms with van der Waals surface area (Å²) in [6.07, 6.45) is 2.75. The zero-order valence-electron chi connectivity index (χ0n) is 10.8. The molecule has 3 nitrogen and oxygen atoms in total. The van der Waals surface area contributed by atoms with Gasteiger partial charge in [0.05, 0.1) is 6.42 Å². The van der Waals surface area contributed by atoms with Crippen molar-refractivity contribution in [3.63, 3.8) is 0 Å². The van der Waals surface area contributed by atoms with Gasteiger partial charge in [-0.15, -0.1) is 12.4 Å². The van der Waals surface area contributed by atoms with Gasteiger partial charge in [-0.25, -0.2) is 0 Å². The van der Waals surface area contributed by atoms with Crippen LogP contribution in [0.25, 0.3) is 0 Å². The zero-order chi connectivity index (χ0) is 12.8. The number of piperidine rings is 1. The molecule has 1 aromatic carbocycles. The molecule has 1 heterocycles. The van der Waals surface area contributed by atoms with Crippen LogP contribution >= 0.6 is 24.0 Å². The smallest absolute Gasteiger partial charge is 0.224 e. The van der Waals surface area contributed by atoms with Crippen LogP contribution in [0.4, 0.5) is 0 Å². The average molecular weight is 303 g/mol. The highest BCUT2D eigenvalue weighted by Crippen LogP contribution is 2.15. The first-order valence-electron chi connectivity index (χ1n) is 6.46. The fraction of sp³-hybridized carbons (Fsp3) is 0.500. The van der Waals surface area contributed by atoms with Crippen molar-refractivity contribution in [2.24, 2.45) is 5.92 Å². The number of halogens is 2. The quantitative estimate of drug-likeness (QED) is 0.897. The lowest BCUT2D eigenvalue weighted by Gasteiger charge is -2.22. The van der Waals surface area contributed by atoms with E-state index < -0.39 is 0 Å². The molecule has 0 radical (unpaired) electrons. The van der Waals surface area contributed by atoms with E-state index in [1.165, 1.54) is 12.8 Å². The molecule has 1 saturated heterocycles. The van der Waals surface area contributed by atoms with E-state index in [2.05, 4.69) is 10.6 Å². The topological polar surface area (TPSA) is 41.1 Å². The van der Waals surface area contributed by atoms with E-state index in [0.29, 0.717) is 17.4 Å². The van der Waals surface area contributed by atoms with E-state index in [0.717, 1.165) is 25.2 Å². The monoisotopic (exact) mass is 302 g/mol. The lowest BCUT2D eigenvalue weighted by Crippen LogP contribution is -2.38. The number of nitrogens with one attached hydrogen (secondary N) is 2. The first-order chi connectivity index (χ1) is 8.75. The molecule has 106 valence electrons. The van der Waals surface area contributed by atoms with E-state index in [1.807, 2.05) is 24.3 Å². The third-order valence-electron chi connectivity index (χ3n) is 3.30. The maximum atomic E-state index is 11.8. The Morgan fingerprint density at radius 3 is 2.89 bits per heavy atom. The summed E-state index contributed by atoms with van der Waals surface area (Å²) in [5.74, 6) is 0.614. The molecule has 2 rings (SSSR count). The second kappa shape index (κ2) is 8.41. The number of amides is 1. The summed E-state index contributed by atoms with van der Waals surface area (Å²) < 4.78 is 0. The number of rotatable bonds is 4. The Kier molecular flexibility index (Phi) is 7.21. The molecule has 1 fully saturated rings. The molecule has 1 aromatic rings. The van der Waals surface area contributed by atoms with E-state index >= 15 is 0 Å². The van der Waals surface area contributed by atoms with Gasteiger partial charge in [-0.2, -0.15) is 0 Å². The SMILES string of the molecule is Cl.O=C(Cc1ccccc1Cl)NCC1CCCNC1. The molecule has 0 aliphatic carbocycles. The van der Waals surface area contributed by atoms with Gasteiger partial charge >= 0.3 is 0 Å². The van der Waals surface area contributed by atoms with Crippen LogP contribution in [0.2, 0.25) is 5.02 Å². The standard InChI is InChI=1S/C14H19ClN2O.ClH/c15-13-6-2-1-5-12(13)8-14(18)17-10-11-4-3-7-16-9-11;/h1-2,5-6,11,16H,3-4,7-10H2,(H,17,18);1H. The normalized spacial score (nSPS) is 18.5. The van der Waals surface area contributed by atoms with Gasteiger partial charge in [-0.1, -0.05) is 29.8 Å². The van der Waals surface area contributed by atoms with Crippen molar-refractivity contribution in [2.45, 2.75) is 19.3 Å². The Morgan fingerprint density at radius 2 is 2.21 bits per heavy atom. The Bertz CT molecular complexity index is 406. The third kappa shape index (κ3) is 5.39. The summed E-state index contributed by atoms with van der Waals surface area (Å²) in [6, 6.07) is 7.48. The summed E-state index contributed by atoms with van der Waals surface area (Å²) >= 11 is 6.03. The fourth-order valence-corrected chi connectivity index (χ4v) is 2.44. The zero-order valence-corrected chi connectivity index (χ0v) is 12.4. The second-order valence-electron chi connectivity index (χ2n) is 4.78. The average Bonchev–Trinajstić information content (AvgIpc) is 2.40. The van der Waals surface area contributed by atoms with Gasteiger partial charge in [0.1, 0.15) is 0 Å². The minimum atomic E-state index is 0. The summed E-state index contributed by atoms with van der Waals surface area (Å²) in [6.45, 7) is 2.87. The van der Waals surface area contributed by atoms with Gasteiger partial charge in [-0.05, 0) is 43.5 Å². The lowest BCUT2D eigenvalue weighted by atomic mass is 10.00. The predicted molar refractivity (Wildman–Crippen MR) is 81.0 cm³/mol. The summed E-state index contributed by atoms with van der Waals surface area (Å²) in [7, 11) is 0. The molecule has 1 aliphatic heterocycles. The molecule has 1 atom stereocenters. The van der Waals surface area contributed by atoms with E-state index in [1.54, 1.807) is 0 Å². The van der Waals surface area contributed by atoms with Crippen molar-refractivity contribution in [1.82, 2.24) is 10.6 Å². The van der Waals surface area contributed by atoms with Crippen LogP contribution in [0.5, 0.6) is 0 Å². The predicted octanol–water partition coefficient (Wildman–Crippen LogP) is 2.42. The molecule has 1 aliphatic rings. The number of carbonyl (C=O) groups is 1. The first kappa shape index (κ1) is 16.3. The van der Waals surface area contributed by atoms with Gasteiger partial charge in [-0.3, -0.25) is 4.79 Å². The lowest BCUT2D eigenvalue weighted by molar-refractivity contribution is -0.120. The van der Waals surface area contributed by atoms with Crippen molar-refractivity contribution in [3.05, 3.63) is 34.9 Å². The van der Waals surface area contributed by atoms with Crippen LogP contribution in [0.15, 0.2) is 24.3 Å². The van der Waals surface area contributed by atoms with E-state index in [4.69, 9.17) is 11.6 Å². The van der Waals surface area contributed by atoms with Crippen molar-refractivity contribution < 1.29 is 4.79 Å². The van der Waals surface area contributed by atoms with Crippen molar-refractivity contribution in [1.29, 1.82) is 0 Å². The minimum absolute atomic E-state index is 0. The molecule has 19 heavy (non-hydrogen) atoms.